The average molecular weight is 468 g/mol. The summed E-state index contributed by atoms with van der Waals surface area (Å²) in [5, 5.41) is 0. The molecule has 0 saturated carbocycles. The van der Waals surface area contributed by atoms with E-state index in [1.807, 2.05) is 43.3 Å². The van der Waals surface area contributed by atoms with Gasteiger partial charge in [0.1, 0.15) is 11.6 Å². The molecule has 0 aliphatic carbocycles. The van der Waals surface area contributed by atoms with Crippen LogP contribution in [0.15, 0.2) is 59.6 Å². The van der Waals surface area contributed by atoms with Gasteiger partial charge >= 0.3 is 0 Å². The Balaban J connectivity index is 0.00000259. The molecular formula is C25H26FN3O3S. The number of aromatic nitrogens is 1. The summed E-state index contributed by atoms with van der Waals surface area (Å²) in [6.45, 7) is 2.38. The second-order valence-electron chi connectivity index (χ2n) is 8.05. The van der Waals surface area contributed by atoms with Crippen LogP contribution < -0.4 is 15.8 Å². The van der Waals surface area contributed by atoms with Gasteiger partial charge in [-0.2, -0.15) is 0 Å². The van der Waals surface area contributed by atoms with E-state index in [9.17, 15) is 13.4 Å². The fraction of sp³-hybridized carbons (Fsp3) is 0.280. The van der Waals surface area contributed by atoms with Crippen LogP contribution in [0.4, 0.5) is 10.1 Å². The van der Waals surface area contributed by atoms with Gasteiger partial charge in [0.25, 0.3) is 5.91 Å². The zero-order valence-electron chi connectivity index (χ0n) is 18.4. The highest BCUT2D eigenvalue weighted by molar-refractivity contribution is 7.85. The lowest BCUT2D eigenvalue weighted by atomic mass is 10.0. The molecule has 33 heavy (non-hydrogen) atoms. The maximum Gasteiger partial charge on any atom is 0.268 e. The number of halogens is 1. The highest BCUT2D eigenvalue weighted by Gasteiger charge is 2.36. The van der Waals surface area contributed by atoms with E-state index in [1.54, 1.807) is 17.2 Å². The maximum absolute atomic E-state index is 14.5. The summed E-state index contributed by atoms with van der Waals surface area (Å²) < 4.78 is 32.9. The molecule has 0 spiro atoms. The molecule has 0 bridgehead atoms. The average Bonchev–Trinajstić information content (AvgIpc) is 3.42. The van der Waals surface area contributed by atoms with Crippen molar-refractivity contribution < 1.29 is 18.1 Å². The first-order valence-corrected chi connectivity index (χ1v) is 12.1. The van der Waals surface area contributed by atoms with Gasteiger partial charge in [0.05, 0.1) is 21.4 Å². The molecule has 0 radical (unpaired) electrons. The van der Waals surface area contributed by atoms with Gasteiger partial charge in [-0.15, -0.1) is 0 Å². The van der Waals surface area contributed by atoms with E-state index < -0.39 is 22.7 Å². The first-order chi connectivity index (χ1) is 15.5. The third-order valence-electron chi connectivity index (χ3n) is 5.90. The number of hydrogen-bond acceptors (Lipinski definition) is 5. The molecule has 5 rings (SSSR count). The molecule has 3 N–H and O–H groups in total. The van der Waals surface area contributed by atoms with E-state index in [0.717, 1.165) is 22.4 Å². The first kappa shape index (κ1) is 23.1. The molecule has 1 aromatic heterocycles. The molecule has 2 atom stereocenters. The minimum atomic E-state index is -1.42. The van der Waals surface area contributed by atoms with E-state index in [1.165, 1.54) is 6.07 Å². The third-order valence-corrected chi connectivity index (χ3v) is 7.48. The Morgan fingerprint density at radius 3 is 2.82 bits per heavy atom. The van der Waals surface area contributed by atoms with Crippen LogP contribution in [0.3, 0.4) is 0 Å². The van der Waals surface area contributed by atoms with Crippen LogP contribution in [0.1, 0.15) is 24.5 Å². The van der Waals surface area contributed by atoms with Crippen molar-refractivity contribution in [2.45, 2.75) is 37.2 Å². The van der Waals surface area contributed by atoms with Gasteiger partial charge in [0.2, 0.25) is 0 Å². The van der Waals surface area contributed by atoms with Gasteiger partial charge in [-0.25, -0.2) is 4.39 Å². The van der Waals surface area contributed by atoms with Gasteiger partial charge in [-0.05, 0) is 66.4 Å². The van der Waals surface area contributed by atoms with Crippen molar-refractivity contribution >= 4 is 22.4 Å². The Bertz CT molecular complexity index is 1220. The van der Waals surface area contributed by atoms with Gasteiger partial charge in [-0.3, -0.25) is 14.0 Å². The number of nitrogens with zero attached hydrogens (tertiary/aromatic N) is 2. The molecule has 2 aliphatic heterocycles. The molecule has 1 unspecified atom stereocenters. The number of carbonyl (C=O) groups excluding carboxylic acids is 1. The molecule has 2 aromatic carbocycles. The highest BCUT2D eigenvalue weighted by Crippen LogP contribution is 2.36. The maximum atomic E-state index is 14.5. The summed E-state index contributed by atoms with van der Waals surface area (Å²) in [4.78, 5) is 19.6. The second kappa shape index (κ2) is 9.41. The predicted octanol–water partition coefficient (Wildman–Crippen LogP) is 4.46. The van der Waals surface area contributed by atoms with E-state index in [4.69, 9.17) is 4.74 Å². The number of ether oxygens (including phenoxy) is 1. The van der Waals surface area contributed by atoms with Gasteiger partial charge in [0, 0.05) is 36.2 Å². The van der Waals surface area contributed by atoms with Crippen LogP contribution in [0, 0.1) is 5.82 Å². The molecule has 172 valence electrons. The Kier molecular flexibility index (Phi) is 6.58. The number of fused-ring (bicyclic) bond motifs is 2. The van der Waals surface area contributed by atoms with Gasteiger partial charge in [-0.1, -0.05) is 13.0 Å². The number of amides is 1. The van der Waals surface area contributed by atoms with Crippen molar-refractivity contribution in [1.29, 1.82) is 0 Å². The number of benzene rings is 2. The monoisotopic (exact) mass is 467 g/mol. The molecule has 0 saturated heterocycles. The zero-order chi connectivity index (χ0) is 22.2. The van der Waals surface area contributed by atoms with Crippen molar-refractivity contribution in [1.82, 2.24) is 11.1 Å². The van der Waals surface area contributed by atoms with E-state index >= 15 is 0 Å². The highest BCUT2D eigenvalue weighted by atomic mass is 32.2. The van der Waals surface area contributed by atoms with Crippen LogP contribution in [0.25, 0.3) is 11.3 Å². The van der Waals surface area contributed by atoms with Crippen molar-refractivity contribution in [3.8, 4) is 17.0 Å². The fourth-order valence-corrected chi connectivity index (χ4v) is 5.45. The zero-order valence-corrected chi connectivity index (χ0v) is 19.2. The largest absolute Gasteiger partial charge is 0.480 e. The van der Waals surface area contributed by atoms with Crippen molar-refractivity contribution in [3.05, 3.63) is 71.7 Å². The van der Waals surface area contributed by atoms with Crippen molar-refractivity contribution in [2.24, 2.45) is 0 Å². The quantitative estimate of drug-likeness (QED) is 0.598. The molecule has 0 fully saturated rings. The molecule has 3 heterocycles. The van der Waals surface area contributed by atoms with Crippen LogP contribution in [-0.2, 0) is 28.4 Å². The van der Waals surface area contributed by atoms with Crippen LogP contribution in [-0.4, -0.2) is 33.5 Å². The Morgan fingerprint density at radius 2 is 2.06 bits per heavy atom. The molecule has 6 nitrogen and oxygen atoms in total. The molecule has 2 aliphatic rings. The molecule has 8 heteroatoms. The number of hydrogen-bond donors (Lipinski definition) is 1. The van der Waals surface area contributed by atoms with E-state index in [2.05, 4.69) is 4.98 Å². The normalized spacial score (nSPS) is 17.0. The van der Waals surface area contributed by atoms with Crippen LogP contribution >= 0.6 is 0 Å². The molecule has 1 amide bonds. The number of pyridine rings is 1. The number of carbonyl (C=O) groups is 1. The smallest absolute Gasteiger partial charge is 0.268 e. The SMILES string of the molecule is CCCS(=O)c1cc2c(cc1F)CCN2C(=O)[C@H]1Cc2cc(-c3ccccn3)ccc2O1.N. The van der Waals surface area contributed by atoms with Crippen LogP contribution in [0.2, 0.25) is 0 Å². The topological polar surface area (TPSA) is 94.5 Å². The fourth-order valence-electron chi connectivity index (χ4n) is 4.34. The molecular weight excluding hydrogens is 441 g/mol. The lowest BCUT2D eigenvalue weighted by molar-refractivity contribution is -0.124. The third kappa shape index (κ3) is 4.28. The minimum absolute atomic E-state index is 0. The second-order valence-corrected chi connectivity index (χ2v) is 9.59. The summed E-state index contributed by atoms with van der Waals surface area (Å²) in [7, 11) is -1.42. The van der Waals surface area contributed by atoms with Gasteiger partial charge < -0.3 is 15.8 Å². The summed E-state index contributed by atoms with van der Waals surface area (Å²) in [6.07, 6.45) is 2.85. The number of rotatable bonds is 5. The standard InChI is InChI=1S/C25H23FN2O3S.H3N/c1-2-11-32(30)24-15-21-17(13-19(24)26)8-10-28(21)25(29)23-14-18-12-16(6-7-22(18)31-23)20-5-3-4-9-27-20;/h3-7,9,12-13,15,23H,2,8,10-11,14H2,1H3;1H3/t23-,32?;/m1./s1. The summed E-state index contributed by atoms with van der Waals surface area (Å²) >= 11 is 0. The van der Waals surface area contributed by atoms with Gasteiger partial charge in [0.15, 0.2) is 6.10 Å². The van der Waals surface area contributed by atoms with Crippen LogP contribution in [0.5, 0.6) is 5.75 Å². The van der Waals surface area contributed by atoms with Crippen molar-refractivity contribution in [3.63, 3.8) is 0 Å². The lowest BCUT2D eigenvalue weighted by Gasteiger charge is -2.21. The van der Waals surface area contributed by atoms with Crippen molar-refractivity contribution in [2.75, 3.05) is 17.2 Å². The van der Waals surface area contributed by atoms with E-state index in [0.29, 0.717) is 43.0 Å². The molecule has 3 aromatic rings. The minimum Gasteiger partial charge on any atom is -0.480 e. The lowest BCUT2D eigenvalue weighted by Crippen LogP contribution is -2.40. The Hall–Kier alpha value is -3.10. The summed E-state index contributed by atoms with van der Waals surface area (Å²) in [5.41, 5.74) is 4.22. The Morgan fingerprint density at radius 1 is 1.21 bits per heavy atom. The first-order valence-electron chi connectivity index (χ1n) is 10.8. The Labute approximate surface area is 194 Å². The summed E-state index contributed by atoms with van der Waals surface area (Å²) in [5.74, 6) is 0.476. The van der Waals surface area contributed by atoms with E-state index in [-0.39, 0.29) is 17.0 Å². The number of anilines is 1. The predicted molar refractivity (Wildman–Crippen MR) is 127 cm³/mol. The summed E-state index contributed by atoms with van der Waals surface area (Å²) in [6, 6.07) is 14.6.